The minimum absolute atomic E-state index is 0.0130. The number of nitrogens with zero attached hydrogens (tertiary/aromatic N) is 1. The summed E-state index contributed by atoms with van der Waals surface area (Å²) in [6.45, 7) is 0. The van der Waals surface area contributed by atoms with Gasteiger partial charge in [-0.2, -0.15) is 0 Å². The number of hydrogen-bond donors (Lipinski definition) is 3. The fourth-order valence-corrected chi connectivity index (χ4v) is 3.64. The van der Waals surface area contributed by atoms with Crippen molar-refractivity contribution in [3.05, 3.63) is 71.6 Å². The van der Waals surface area contributed by atoms with E-state index < -0.39 is 0 Å². The van der Waals surface area contributed by atoms with E-state index in [0.717, 1.165) is 22.0 Å². The van der Waals surface area contributed by atoms with Gasteiger partial charge in [0, 0.05) is 23.4 Å². The molecule has 0 spiro atoms. The summed E-state index contributed by atoms with van der Waals surface area (Å²) in [5, 5.41) is 12.4. The third-order valence-electron chi connectivity index (χ3n) is 4.11. The Morgan fingerprint density at radius 1 is 1.04 bits per heavy atom. The van der Waals surface area contributed by atoms with Crippen molar-refractivity contribution in [1.82, 2.24) is 15.6 Å². The molecule has 0 saturated carbocycles. The molecular weight excluding hydrogens is 332 g/mol. The number of amides is 1. The average molecular weight is 350 g/mol. The van der Waals surface area contributed by atoms with Gasteiger partial charge in [-0.3, -0.25) is 10.1 Å². The van der Waals surface area contributed by atoms with Crippen LogP contribution in [0.5, 0.6) is 0 Å². The Morgan fingerprint density at radius 2 is 1.76 bits per heavy atom. The molecular formula is C19H18N4OS. The van der Waals surface area contributed by atoms with Crippen LogP contribution in [0.25, 0.3) is 11.3 Å². The lowest BCUT2D eigenvalue weighted by atomic mass is 10.0. The molecule has 1 saturated heterocycles. The minimum atomic E-state index is -0.346. The van der Waals surface area contributed by atoms with E-state index in [0.29, 0.717) is 6.42 Å². The highest BCUT2D eigenvalue weighted by Crippen LogP contribution is 2.26. The SMILES string of the molecule is O=C1CC(c2ccccc2)NC(Nc2nc(-c3ccccc3)cs2)N1. The highest BCUT2D eigenvalue weighted by molar-refractivity contribution is 7.14. The highest BCUT2D eigenvalue weighted by Gasteiger charge is 2.27. The Hall–Kier alpha value is -2.70. The van der Waals surface area contributed by atoms with E-state index in [-0.39, 0.29) is 18.2 Å². The fraction of sp³-hybridized carbons (Fsp3) is 0.158. The van der Waals surface area contributed by atoms with Gasteiger partial charge in [-0.05, 0) is 5.56 Å². The van der Waals surface area contributed by atoms with Crippen LogP contribution in [0.1, 0.15) is 18.0 Å². The molecule has 1 aliphatic rings. The summed E-state index contributed by atoms with van der Waals surface area (Å²) in [5.41, 5.74) is 3.11. The standard InChI is InChI=1S/C19H18N4OS/c24-17-11-15(13-7-3-1-4-8-13)20-18(22-17)23-19-21-16(12-25-19)14-9-5-2-6-10-14/h1-10,12,15,18,20H,11H2,(H,21,23)(H,22,24). The molecule has 2 heterocycles. The fourth-order valence-electron chi connectivity index (χ4n) is 2.89. The zero-order chi connectivity index (χ0) is 17.1. The van der Waals surface area contributed by atoms with Crippen LogP contribution in [0.3, 0.4) is 0 Å². The summed E-state index contributed by atoms with van der Waals surface area (Å²) in [6.07, 6.45) is 0.0798. The quantitative estimate of drug-likeness (QED) is 0.675. The van der Waals surface area contributed by atoms with Crippen LogP contribution in [0.4, 0.5) is 5.13 Å². The van der Waals surface area contributed by atoms with Gasteiger partial charge in [0.15, 0.2) is 11.4 Å². The van der Waals surface area contributed by atoms with E-state index in [2.05, 4.69) is 20.9 Å². The Morgan fingerprint density at radius 3 is 2.52 bits per heavy atom. The van der Waals surface area contributed by atoms with Gasteiger partial charge in [0.05, 0.1) is 5.69 Å². The first kappa shape index (κ1) is 15.8. The molecule has 5 nitrogen and oxygen atoms in total. The largest absolute Gasteiger partial charge is 0.329 e. The molecule has 3 N–H and O–H groups in total. The molecule has 0 bridgehead atoms. The van der Waals surface area contributed by atoms with Crippen LogP contribution in [-0.2, 0) is 4.79 Å². The number of thiazole rings is 1. The maximum atomic E-state index is 12.1. The predicted octanol–water partition coefficient (Wildman–Crippen LogP) is 3.36. The molecule has 2 unspecified atom stereocenters. The van der Waals surface area contributed by atoms with E-state index in [1.807, 2.05) is 66.0 Å². The molecule has 25 heavy (non-hydrogen) atoms. The second-order valence-electron chi connectivity index (χ2n) is 5.88. The number of aromatic nitrogens is 1. The number of anilines is 1. The zero-order valence-electron chi connectivity index (χ0n) is 13.5. The second kappa shape index (κ2) is 7.04. The Bertz CT molecular complexity index is 850. The van der Waals surface area contributed by atoms with Crippen LogP contribution in [-0.4, -0.2) is 17.2 Å². The van der Waals surface area contributed by atoms with Crippen molar-refractivity contribution in [3.8, 4) is 11.3 Å². The maximum absolute atomic E-state index is 12.1. The van der Waals surface area contributed by atoms with Crippen LogP contribution < -0.4 is 16.0 Å². The van der Waals surface area contributed by atoms with Gasteiger partial charge >= 0.3 is 0 Å². The van der Waals surface area contributed by atoms with Gasteiger partial charge in [0.25, 0.3) is 0 Å². The number of rotatable bonds is 4. The summed E-state index contributed by atoms with van der Waals surface area (Å²) >= 11 is 1.52. The summed E-state index contributed by atoms with van der Waals surface area (Å²) in [4.78, 5) is 16.7. The third kappa shape index (κ3) is 3.70. The number of benzene rings is 2. The summed E-state index contributed by atoms with van der Waals surface area (Å²) in [6, 6.07) is 20.0. The minimum Gasteiger partial charge on any atom is -0.329 e. The van der Waals surface area contributed by atoms with Gasteiger partial charge in [-0.25, -0.2) is 4.98 Å². The molecule has 1 aromatic heterocycles. The lowest BCUT2D eigenvalue weighted by molar-refractivity contribution is -0.124. The Kier molecular flexibility index (Phi) is 4.45. The van der Waals surface area contributed by atoms with Gasteiger partial charge in [-0.1, -0.05) is 60.7 Å². The van der Waals surface area contributed by atoms with Crippen molar-refractivity contribution in [2.45, 2.75) is 18.8 Å². The molecule has 0 radical (unpaired) electrons. The first-order valence-electron chi connectivity index (χ1n) is 8.16. The van der Waals surface area contributed by atoms with Crippen LogP contribution in [0.2, 0.25) is 0 Å². The lowest BCUT2D eigenvalue weighted by Gasteiger charge is -2.32. The lowest BCUT2D eigenvalue weighted by Crippen LogP contribution is -2.56. The molecule has 0 aliphatic carbocycles. The van der Waals surface area contributed by atoms with Crippen molar-refractivity contribution < 1.29 is 4.79 Å². The first-order chi connectivity index (χ1) is 12.3. The van der Waals surface area contributed by atoms with Crippen LogP contribution in [0.15, 0.2) is 66.0 Å². The van der Waals surface area contributed by atoms with E-state index in [9.17, 15) is 4.79 Å². The van der Waals surface area contributed by atoms with Crippen molar-refractivity contribution >= 4 is 22.4 Å². The number of nitrogens with one attached hydrogen (secondary N) is 3. The van der Waals surface area contributed by atoms with Crippen LogP contribution in [0, 0.1) is 0 Å². The molecule has 4 rings (SSSR count). The second-order valence-corrected chi connectivity index (χ2v) is 6.74. The van der Waals surface area contributed by atoms with E-state index in [4.69, 9.17) is 0 Å². The predicted molar refractivity (Wildman–Crippen MR) is 100 cm³/mol. The van der Waals surface area contributed by atoms with Gasteiger partial charge in [0.1, 0.15) is 0 Å². The Labute approximate surface area is 150 Å². The molecule has 1 amide bonds. The van der Waals surface area contributed by atoms with Crippen molar-refractivity contribution in [3.63, 3.8) is 0 Å². The van der Waals surface area contributed by atoms with Crippen molar-refractivity contribution in [1.29, 1.82) is 0 Å². The highest BCUT2D eigenvalue weighted by atomic mass is 32.1. The normalized spacial score (nSPS) is 20.1. The molecule has 6 heteroatoms. The number of hydrogen-bond acceptors (Lipinski definition) is 5. The van der Waals surface area contributed by atoms with E-state index >= 15 is 0 Å². The maximum Gasteiger partial charge on any atom is 0.224 e. The Balaban J connectivity index is 1.47. The van der Waals surface area contributed by atoms with Gasteiger partial charge in [-0.15, -0.1) is 11.3 Å². The third-order valence-corrected chi connectivity index (χ3v) is 4.88. The topological polar surface area (TPSA) is 66.0 Å². The number of carbonyl (C=O) groups is 1. The first-order valence-corrected chi connectivity index (χ1v) is 9.04. The smallest absolute Gasteiger partial charge is 0.224 e. The summed E-state index contributed by atoms with van der Waals surface area (Å²) in [5.74, 6) is 0.0185. The molecule has 2 aromatic carbocycles. The van der Waals surface area contributed by atoms with E-state index in [1.54, 1.807) is 0 Å². The van der Waals surface area contributed by atoms with Crippen LogP contribution >= 0.6 is 11.3 Å². The molecule has 2 atom stereocenters. The van der Waals surface area contributed by atoms with Gasteiger partial charge < -0.3 is 10.6 Å². The monoisotopic (exact) mass is 350 g/mol. The molecule has 1 aliphatic heterocycles. The number of carbonyl (C=O) groups excluding carboxylic acids is 1. The van der Waals surface area contributed by atoms with Crippen molar-refractivity contribution in [2.24, 2.45) is 0 Å². The van der Waals surface area contributed by atoms with Crippen molar-refractivity contribution in [2.75, 3.05) is 5.32 Å². The zero-order valence-corrected chi connectivity index (χ0v) is 14.3. The molecule has 3 aromatic rings. The summed E-state index contributed by atoms with van der Waals surface area (Å²) < 4.78 is 0. The molecule has 1 fully saturated rings. The van der Waals surface area contributed by atoms with E-state index in [1.165, 1.54) is 11.3 Å². The average Bonchev–Trinajstić information content (AvgIpc) is 3.11. The van der Waals surface area contributed by atoms with Gasteiger partial charge in [0.2, 0.25) is 5.91 Å². The summed E-state index contributed by atoms with van der Waals surface area (Å²) in [7, 11) is 0. The molecule has 126 valence electrons.